The van der Waals surface area contributed by atoms with E-state index in [-0.39, 0.29) is 17.4 Å². The summed E-state index contributed by atoms with van der Waals surface area (Å²) in [5.74, 6) is 0.119. The molecule has 4 rings (SSSR count). The highest BCUT2D eigenvalue weighted by molar-refractivity contribution is 7.88. The monoisotopic (exact) mass is 418 g/mol. The van der Waals surface area contributed by atoms with Crippen LogP contribution in [-0.2, 0) is 21.2 Å². The Balaban J connectivity index is 1.44. The molecule has 1 unspecified atom stereocenters. The fourth-order valence-electron chi connectivity index (χ4n) is 5.41. The van der Waals surface area contributed by atoms with Gasteiger partial charge in [-0.15, -0.1) is 0 Å². The van der Waals surface area contributed by atoms with E-state index in [0.717, 1.165) is 59.8 Å². The van der Waals surface area contributed by atoms with Gasteiger partial charge in [-0.05, 0) is 62.1 Å². The first-order valence-electron chi connectivity index (χ1n) is 10.4. The quantitative estimate of drug-likeness (QED) is 0.826. The van der Waals surface area contributed by atoms with Crippen LogP contribution in [0, 0.1) is 19.3 Å². The lowest BCUT2D eigenvalue weighted by molar-refractivity contribution is -0.133. The molecule has 1 saturated carbocycles. The highest BCUT2D eigenvalue weighted by Crippen LogP contribution is 2.46. The third kappa shape index (κ3) is 4.08. The molecule has 2 aromatic rings. The van der Waals surface area contributed by atoms with Crippen LogP contribution >= 0.6 is 0 Å². The molecule has 1 aromatic carbocycles. The van der Waals surface area contributed by atoms with E-state index in [1.807, 2.05) is 17.9 Å². The van der Waals surface area contributed by atoms with Crippen LogP contribution in [0.2, 0.25) is 0 Å². The van der Waals surface area contributed by atoms with E-state index in [1.54, 1.807) is 6.26 Å². The molecular formula is C22H30N2O4S. The summed E-state index contributed by atoms with van der Waals surface area (Å²) in [6, 6.07) is 4.13. The number of amides is 1. The van der Waals surface area contributed by atoms with Crippen molar-refractivity contribution in [3.8, 4) is 0 Å². The summed E-state index contributed by atoms with van der Waals surface area (Å²) in [6.45, 7) is 5.47. The lowest BCUT2D eigenvalue weighted by Crippen LogP contribution is -2.51. The van der Waals surface area contributed by atoms with Crippen molar-refractivity contribution in [2.45, 2.75) is 58.4 Å². The topological polar surface area (TPSA) is 79.6 Å². The minimum Gasteiger partial charge on any atom is -0.464 e. The highest BCUT2D eigenvalue weighted by atomic mass is 32.2. The molecule has 2 aliphatic rings. The van der Waals surface area contributed by atoms with Gasteiger partial charge in [0, 0.05) is 30.1 Å². The molecule has 158 valence electrons. The van der Waals surface area contributed by atoms with Crippen molar-refractivity contribution in [2.24, 2.45) is 5.41 Å². The molecule has 0 bridgehead atoms. The second kappa shape index (κ2) is 7.43. The molecule has 2 heterocycles. The van der Waals surface area contributed by atoms with Crippen LogP contribution < -0.4 is 4.72 Å². The van der Waals surface area contributed by atoms with E-state index in [2.05, 4.69) is 17.7 Å². The van der Waals surface area contributed by atoms with Crippen LogP contribution in [0.4, 0.5) is 0 Å². The first-order valence-corrected chi connectivity index (χ1v) is 12.3. The van der Waals surface area contributed by atoms with Crippen molar-refractivity contribution in [3.05, 3.63) is 35.1 Å². The number of carbonyl (C=O) groups is 1. The Kier molecular flexibility index (Phi) is 5.23. The lowest BCUT2D eigenvalue weighted by Gasteiger charge is -2.43. The fraction of sp³-hybridized carbons (Fsp3) is 0.591. The summed E-state index contributed by atoms with van der Waals surface area (Å²) in [5.41, 5.74) is 4.06. The van der Waals surface area contributed by atoms with E-state index in [1.165, 1.54) is 6.26 Å². The van der Waals surface area contributed by atoms with Gasteiger partial charge in [-0.3, -0.25) is 4.79 Å². The average molecular weight is 419 g/mol. The molecule has 1 aromatic heterocycles. The maximum Gasteiger partial charge on any atom is 0.227 e. The molecule has 2 fully saturated rings. The van der Waals surface area contributed by atoms with Gasteiger partial charge < -0.3 is 9.32 Å². The van der Waals surface area contributed by atoms with Gasteiger partial charge in [0.05, 0.1) is 18.9 Å². The van der Waals surface area contributed by atoms with Gasteiger partial charge in [-0.2, -0.15) is 0 Å². The van der Waals surface area contributed by atoms with Crippen molar-refractivity contribution in [1.29, 1.82) is 0 Å². The van der Waals surface area contributed by atoms with Crippen LogP contribution in [0.5, 0.6) is 0 Å². The van der Waals surface area contributed by atoms with E-state index in [4.69, 9.17) is 4.42 Å². The van der Waals surface area contributed by atoms with Gasteiger partial charge in [0.2, 0.25) is 15.9 Å². The number of sulfonamides is 1. The molecule has 29 heavy (non-hydrogen) atoms. The van der Waals surface area contributed by atoms with Crippen LogP contribution in [0.1, 0.15) is 48.8 Å². The zero-order valence-electron chi connectivity index (χ0n) is 17.5. The predicted molar refractivity (Wildman–Crippen MR) is 113 cm³/mol. The third-order valence-electron chi connectivity index (χ3n) is 6.81. The number of fused-ring (bicyclic) bond motifs is 1. The Morgan fingerprint density at radius 2 is 1.97 bits per heavy atom. The van der Waals surface area contributed by atoms with E-state index < -0.39 is 10.0 Å². The number of carbonyl (C=O) groups excluding carboxylic acids is 1. The molecule has 1 atom stereocenters. The molecule has 1 spiro atoms. The molecule has 1 aliphatic carbocycles. The standard InChI is InChI=1S/C22H30N2O4S/c1-15-11-16(2)21-17(14-28-18(21)12-15)13-20(25)24-9-7-22(8-10-24)6-4-5-19(22)23-29(3,26)27/h11-12,14,19,23H,4-10,13H2,1-3H3. The summed E-state index contributed by atoms with van der Waals surface area (Å²) in [5, 5.41) is 1.05. The predicted octanol–water partition coefficient (Wildman–Crippen LogP) is 3.30. The van der Waals surface area contributed by atoms with Crippen LogP contribution in [0.25, 0.3) is 11.0 Å². The molecule has 1 amide bonds. The zero-order valence-corrected chi connectivity index (χ0v) is 18.3. The van der Waals surface area contributed by atoms with Crippen molar-refractivity contribution < 1.29 is 17.6 Å². The smallest absolute Gasteiger partial charge is 0.227 e. The molecular weight excluding hydrogens is 388 g/mol. The van der Waals surface area contributed by atoms with Crippen LogP contribution in [-0.4, -0.2) is 44.6 Å². The summed E-state index contributed by atoms with van der Waals surface area (Å²) in [6.07, 6.45) is 7.97. The SMILES string of the molecule is Cc1cc(C)c2c(CC(=O)N3CCC4(CCCC4NS(C)(=O)=O)CC3)coc2c1. The average Bonchev–Trinajstić information content (AvgIpc) is 3.19. The largest absolute Gasteiger partial charge is 0.464 e. The molecule has 1 aliphatic heterocycles. The zero-order chi connectivity index (χ0) is 20.8. The summed E-state index contributed by atoms with van der Waals surface area (Å²) >= 11 is 0. The van der Waals surface area contributed by atoms with Gasteiger partial charge in [0.1, 0.15) is 5.58 Å². The van der Waals surface area contributed by atoms with Crippen molar-refractivity contribution in [1.82, 2.24) is 9.62 Å². The van der Waals surface area contributed by atoms with E-state index >= 15 is 0 Å². The maximum absolute atomic E-state index is 13.0. The molecule has 1 N–H and O–H groups in total. The maximum atomic E-state index is 13.0. The number of nitrogens with one attached hydrogen (secondary N) is 1. The van der Waals surface area contributed by atoms with Gasteiger partial charge in [0.15, 0.2) is 0 Å². The third-order valence-corrected chi connectivity index (χ3v) is 7.52. The number of rotatable bonds is 4. The molecule has 6 nitrogen and oxygen atoms in total. The van der Waals surface area contributed by atoms with Gasteiger partial charge in [0.25, 0.3) is 0 Å². The van der Waals surface area contributed by atoms with Gasteiger partial charge in [-0.1, -0.05) is 12.5 Å². The Morgan fingerprint density at radius 1 is 1.24 bits per heavy atom. The number of furan rings is 1. The Morgan fingerprint density at radius 3 is 2.66 bits per heavy atom. The molecule has 0 radical (unpaired) electrons. The fourth-order valence-corrected chi connectivity index (χ4v) is 6.30. The van der Waals surface area contributed by atoms with E-state index in [0.29, 0.717) is 19.5 Å². The number of hydrogen-bond donors (Lipinski definition) is 1. The Labute approximate surface area is 172 Å². The second-order valence-electron chi connectivity index (χ2n) is 8.97. The number of piperidine rings is 1. The minimum atomic E-state index is -3.22. The first-order chi connectivity index (χ1) is 13.7. The highest BCUT2D eigenvalue weighted by Gasteiger charge is 2.46. The minimum absolute atomic E-state index is 0.00143. The van der Waals surface area contributed by atoms with Crippen LogP contribution in [0.15, 0.2) is 22.8 Å². The van der Waals surface area contributed by atoms with E-state index in [9.17, 15) is 13.2 Å². The summed E-state index contributed by atoms with van der Waals surface area (Å²) in [7, 11) is -3.22. The van der Waals surface area contributed by atoms with Crippen molar-refractivity contribution in [3.63, 3.8) is 0 Å². The number of nitrogens with zero attached hydrogens (tertiary/aromatic N) is 1. The number of likely N-dealkylation sites (tertiary alicyclic amines) is 1. The number of aryl methyl sites for hydroxylation is 2. The number of hydrogen-bond acceptors (Lipinski definition) is 4. The summed E-state index contributed by atoms with van der Waals surface area (Å²) < 4.78 is 32.0. The Hall–Kier alpha value is -1.86. The van der Waals surface area contributed by atoms with Crippen molar-refractivity contribution >= 4 is 26.9 Å². The Bertz CT molecular complexity index is 1030. The summed E-state index contributed by atoms with van der Waals surface area (Å²) in [4.78, 5) is 14.9. The van der Waals surface area contributed by atoms with Crippen LogP contribution in [0.3, 0.4) is 0 Å². The molecule has 7 heteroatoms. The molecule has 1 saturated heterocycles. The van der Waals surface area contributed by atoms with Crippen molar-refractivity contribution in [2.75, 3.05) is 19.3 Å². The lowest BCUT2D eigenvalue weighted by atomic mass is 9.74. The first kappa shape index (κ1) is 20.4. The van der Waals surface area contributed by atoms with Gasteiger partial charge >= 0.3 is 0 Å². The van der Waals surface area contributed by atoms with Gasteiger partial charge in [-0.25, -0.2) is 13.1 Å². The second-order valence-corrected chi connectivity index (χ2v) is 10.8. The number of benzene rings is 1. The normalized spacial score (nSPS) is 21.9.